The number of alkyl halides is 1. The van der Waals surface area contributed by atoms with Crippen LogP contribution in [0.1, 0.15) is 18.4 Å². The van der Waals surface area contributed by atoms with Crippen LogP contribution in [0.25, 0.3) is 0 Å². The summed E-state index contributed by atoms with van der Waals surface area (Å²) in [5, 5.41) is 2.90. The molecule has 0 saturated heterocycles. The molecular weight excluding hydrogens is 286 g/mol. The van der Waals surface area contributed by atoms with Crippen molar-refractivity contribution >= 4 is 17.7 Å². The molecule has 4 heteroatoms. The molecule has 1 aromatic rings. The van der Waals surface area contributed by atoms with Gasteiger partial charge >= 0.3 is 6.09 Å². The molecule has 0 heterocycles. The number of halogens is 1. The maximum absolute atomic E-state index is 11.9. The van der Waals surface area contributed by atoms with Crippen LogP contribution < -0.4 is 5.32 Å². The number of rotatable bonds is 7. The average Bonchev–Trinajstić information content (AvgIpc) is 3.04. The number of alkyl carbamates (subject to hydrolysis) is 1. The van der Waals surface area contributed by atoms with Crippen molar-refractivity contribution in [3.63, 3.8) is 0 Å². The highest BCUT2D eigenvalue weighted by Gasteiger charge is 2.27. The number of amides is 1. The van der Waals surface area contributed by atoms with Gasteiger partial charge in [0, 0.05) is 17.8 Å². The Labute approximate surface area is 132 Å². The highest BCUT2D eigenvalue weighted by molar-refractivity contribution is 6.17. The van der Waals surface area contributed by atoms with E-state index in [4.69, 9.17) is 16.3 Å². The van der Waals surface area contributed by atoms with Gasteiger partial charge in [0.15, 0.2) is 0 Å². The zero-order valence-corrected chi connectivity index (χ0v) is 12.6. The Kier molecular flexibility index (Phi) is 6.87. The van der Waals surface area contributed by atoms with Gasteiger partial charge in [0.2, 0.25) is 0 Å². The third kappa shape index (κ3) is 5.58. The lowest BCUT2D eigenvalue weighted by atomic mass is 9.94. The normalized spacial score (nSPS) is 16.6. The minimum absolute atomic E-state index is 0.0537. The number of hydrogen-bond donors (Lipinski definition) is 1. The molecule has 21 heavy (non-hydrogen) atoms. The van der Waals surface area contributed by atoms with E-state index in [9.17, 15) is 4.79 Å². The molecule has 1 aromatic carbocycles. The van der Waals surface area contributed by atoms with E-state index in [0.29, 0.717) is 5.88 Å². The van der Waals surface area contributed by atoms with Crippen LogP contribution in [0, 0.1) is 31.6 Å². The number of hydrogen-bond acceptors (Lipinski definition) is 2. The monoisotopic (exact) mass is 304 g/mol. The third-order valence-corrected chi connectivity index (χ3v) is 3.49. The molecule has 1 atom stereocenters. The van der Waals surface area contributed by atoms with Crippen molar-refractivity contribution in [2.24, 2.45) is 0 Å². The summed E-state index contributed by atoms with van der Waals surface area (Å²) in [6.07, 6.45) is 9.15. The van der Waals surface area contributed by atoms with Crippen molar-refractivity contribution in [2.75, 3.05) is 5.88 Å². The first-order valence-corrected chi connectivity index (χ1v) is 7.58. The molecule has 1 amide bonds. The number of carbonyl (C=O) groups excluding carboxylic acids is 1. The molecule has 0 spiro atoms. The van der Waals surface area contributed by atoms with Crippen LogP contribution in [0.15, 0.2) is 30.3 Å². The van der Waals surface area contributed by atoms with E-state index in [2.05, 4.69) is 5.32 Å². The van der Waals surface area contributed by atoms with E-state index >= 15 is 0 Å². The van der Waals surface area contributed by atoms with Crippen molar-refractivity contribution in [1.29, 1.82) is 0 Å². The van der Waals surface area contributed by atoms with E-state index < -0.39 is 6.09 Å². The Balaban J connectivity index is 1.79. The summed E-state index contributed by atoms with van der Waals surface area (Å²) in [6.45, 7) is 0.274. The van der Waals surface area contributed by atoms with Gasteiger partial charge in [-0.15, -0.1) is 11.6 Å². The SMILES string of the molecule is O=C(N[C@H](CCCCl)[C]1[CH][CH][CH][CH]1)OCc1ccccc1. The summed E-state index contributed by atoms with van der Waals surface area (Å²) in [6, 6.07) is 9.57. The van der Waals surface area contributed by atoms with E-state index in [1.165, 1.54) is 0 Å². The summed E-state index contributed by atoms with van der Waals surface area (Å²) >= 11 is 5.74. The topological polar surface area (TPSA) is 38.3 Å². The van der Waals surface area contributed by atoms with Crippen LogP contribution in [-0.2, 0) is 11.3 Å². The molecule has 0 aliphatic heterocycles. The second-order valence-corrected chi connectivity index (χ2v) is 5.19. The van der Waals surface area contributed by atoms with Gasteiger partial charge in [-0.3, -0.25) is 0 Å². The van der Waals surface area contributed by atoms with Gasteiger partial charge in [-0.25, -0.2) is 4.79 Å². The zero-order chi connectivity index (χ0) is 14.9. The molecule has 3 nitrogen and oxygen atoms in total. The summed E-state index contributed by atoms with van der Waals surface area (Å²) in [5.74, 6) is 1.66. The first-order chi connectivity index (χ1) is 10.3. The molecule has 1 saturated carbocycles. The number of ether oxygens (including phenoxy) is 1. The van der Waals surface area contributed by atoms with Crippen molar-refractivity contribution < 1.29 is 9.53 Å². The maximum atomic E-state index is 11.9. The van der Waals surface area contributed by atoms with Crippen molar-refractivity contribution in [2.45, 2.75) is 25.5 Å². The Hall–Kier alpha value is -1.22. The minimum atomic E-state index is -0.403. The van der Waals surface area contributed by atoms with E-state index in [0.717, 1.165) is 24.3 Å². The molecule has 1 N–H and O–H groups in total. The quantitative estimate of drug-likeness (QED) is 0.780. The van der Waals surface area contributed by atoms with E-state index in [-0.39, 0.29) is 12.6 Å². The fraction of sp³-hybridized carbons (Fsp3) is 0.294. The van der Waals surface area contributed by atoms with Gasteiger partial charge in [0.1, 0.15) is 6.61 Å². The van der Waals surface area contributed by atoms with Crippen LogP contribution in [0.3, 0.4) is 0 Å². The first-order valence-electron chi connectivity index (χ1n) is 7.04. The Morgan fingerprint density at radius 1 is 1.19 bits per heavy atom. The van der Waals surface area contributed by atoms with Crippen molar-refractivity contribution in [3.8, 4) is 0 Å². The molecule has 1 aliphatic carbocycles. The van der Waals surface area contributed by atoms with Gasteiger partial charge in [-0.1, -0.05) is 30.3 Å². The van der Waals surface area contributed by atoms with Gasteiger partial charge in [-0.2, -0.15) is 0 Å². The molecule has 5 radical (unpaired) electrons. The van der Waals surface area contributed by atoms with Crippen LogP contribution in [-0.4, -0.2) is 18.0 Å². The number of benzene rings is 1. The molecule has 0 unspecified atom stereocenters. The van der Waals surface area contributed by atoms with Crippen LogP contribution in [0.5, 0.6) is 0 Å². The Morgan fingerprint density at radius 3 is 2.57 bits per heavy atom. The third-order valence-electron chi connectivity index (χ3n) is 3.22. The van der Waals surface area contributed by atoms with Crippen LogP contribution in [0.4, 0.5) is 4.79 Å². The lowest BCUT2D eigenvalue weighted by molar-refractivity contribution is 0.136. The summed E-state index contributed by atoms with van der Waals surface area (Å²) in [4.78, 5) is 11.9. The van der Waals surface area contributed by atoms with Gasteiger partial charge in [0.25, 0.3) is 0 Å². The van der Waals surface area contributed by atoms with Gasteiger partial charge in [0.05, 0.1) is 0 Å². The first kappa shape index (κ1) is 16.2. The Morgan fingerprint density at radius 2 is 1.90 bits per heavy atom. The fourth-order valence-corrected chi connectivity index (χ4v) is 2.29. The van der Waals surface area contributed by atoms with Gasteiger partial charge < -0.3 is 10.1 Å². The molecule has 0 bridgehead atoms. The lowest BCUT2D eigenvalue weighted by Gasteiger charge is -2.23. The maximum Gasteiger partial charge on any atom is 0.407 e. The number of nitrogens with one attached hydrogen (secondary N) is 1. The standard InChI is InChI=1S/C17H19ClNO2/c18-12-6-11-16(15-9-4-5-10-15)19-17(20)21-13-14-7-2-1-3-8-14/h1-5,7-10,16H,6,11-13H2,(H,19,20)/t16-/m1/s1. The smallest absolute Gasteiger partial charge is 0.407 e. The highest BCUT2D eigenvalue weighted by Crippen LogP contribution is 2.28. The fourth-order valence-electron chi connectivity index (χ4n) is 2.13. The van der Waals surface area contributed by atoms with E-state index in [1.807, 2.05) is 56.0 Å². The molecule has 2 rings (SSSR count). The zero-order valence-electron chi connectivity index (χ0n) is 11.8. The minimum Gasteiger partial charge on any atom is -0.445 e. The molecule has 1 fully saturated rings. The average molecular weight is 305 g/mol. The lowest BCUT2D eigenvalue weighted by Crippen LogP contribution is -2.39. The van der Waals surface area contributed by atoms with Crippen LogP contribution >= 0.6 is 11.6 Å². The van der Waals surface area contributed by atoms with Crippen molar-refractivity contribution in [1.82, 2.24) is 5.32 Å². The van der Waals surface area contributed by atoms with Crippen LogP contribution in [0.2, 0.25) is 0 Å². The van der Waals surface area contributed by atoms with E-state index in [1.54, 1.807) is 0 Å². The summed E-state index contributed by atoms with van der Waals surface area (Å²) in [7, 11) is 0. The molecule has 111 valence electrons. The second kappa shape index (κ2) is 8.93. The second-order valence-electron chi connectivity index (χ2n) is 4.81. The largest absolute Gasteiger partial charge is 0.445 e. The highest BCUT2D eigenvalue weighted by atomic mass is 35.5. The summed E-state index contributed by atoms with van der Waals surface area (Å²) in [5.41, 5.74) is 0.971. The predicted octanol–water partition coefficient (Wildman–Crippen LogP) is 3.71. The number of carbonyl (C=O) groups is 1. The predicted molar refractivity (Wildman–Crippen MR) is 83.9 cm³/mol. The Bertz CT molecular complexity index is 418. The summed E-state index contributed by atoms with van der Waals surface area (Å²) < 4.78 is 5.25. The van der Waals surface area contributed by atoms with Gasteiger partial charge in [-0.05, 0) is 44.1 Å². The van der Waals surface area contributed by atoms with Crippen molar-refractivity contribution in [3.05, 3.63) is 67.5 Å². The molecular formula is C17H19ClNO2. The molecule has 1 aliphatic rings. The molecule has 0 aromatic heterocycles.